The molecular weight excluding hydrogens is 168 g/mol. The Labute approximate surface area is 79.1 Å². The first-order valence-corrected chi connectivity index (χ1v) is 4.98. The molecule has 0 aromatic rings. The Morgan fingerprint density at radius 2 is 2.23 bits per heavy atom. The van der Waals surface area contributed by atoms with E-state index in [4.69, 9.17) is 9.84 Å². The summed E-state index contributed by atoms with van der Waals surface area (Å²) in [6, 6.07) is 0. The topological polar surface area (TPSA) is 46.5 Å². The third-order valence-electron chi connectivity index (χ3n) is 2.51. The van der Waals surface area contributed by atoms with Crippen LogP contribution in [0, 0.1) is 5.92 Å². The van der Waals surface area contributed by atoms with Gasteiger partial charge in [-0.1, -0.05) is 13.3 Å². The van der Waals surface area contributed by atoms with Gasteiger partial charge in [0.15, 0.2) is 0 Å². The van der Waals surface area contributed by atoms with Crippen molar-refractivity contribution in [2.75, 3.05) is 0 Å². The van der Waals surface area contributed by atoms with Gasteiger partial charge in [0.2, 0.25) is 0 Å². The summed E-state index contributed by atoms with van der Waals surface area (Å²) in [5.41, 5.74) is 0. The van der Waals surface area contributed by atoms with Crippen LogP contribution < -0.4 is 0 Å². The maximum Gasteiger partial charge on any atom is 0.334 e. The van der Waals surface area contributed by atoms with E-state index in [1.165, 1.54) is 13.3 Å². The second kappa shape index (κ2) is 4.61. The van der Waals surface area contributed by atoms with Crippen molar-refractivity contribution in [3.8, 4) is 0 Å². The maximum atomic E-state index is 11.0. The van der Waals surface area contributed by atoms with Crippen LogP contribution in [-0.4, -0.2) is 23.3 Å². The molecule has 13 heavy (non-hydrogen) atoms. The van der Waals surface area contributed by atoms with Gasteiger partial charge in [0.1, 0.15) is 12.2 Å². The lowest BCUT2D eigenvalue weighted by Crippen LogP contribution is -2.29. The Balaban J connectivity index is 2.31. The van der Waals surface area contributed by atoms with E-state index in [0.29, 0.717) is 5.92 Å². The van der Waals surface area contributed by atoms with Crippen molar-refractivity contribution in [2.45, 2.75) is 51.7 Å². The molecule has 0 aromatic heterocycles. The van der Waals surface area contributed by atoms with Gasteiger partial charge in [-0.3, -0.25) is 0 Å². The minimum atomic E-state index is -0.989. The Morgan fingerprint density at radius 3 is 2.77 bits per heavy atom. The second-order valence-corrected chi connectivity index (χ2v) is 4.01. The highest BCUT2D eigenvalue weighted by Crippen LogP contribution is 2.25. The van der Waals surface area contributed by atoms with Gasteiger partial charge in [0, 0.05) is 0 Å². The van der Waals surface area contributed by atoms with Gasteiger partial charge in [-0.2, -0.15) is 0 Å². The molecule has 1 saturated carbocycles. The highest BCUT2D eigenvalue weighted by molar-refractivity contribution is 5.73. The molecule has 3 heteroatoms. The van der Waals surface area contributed by atoms with Gasteiger partial charge >= 0.3 is 5.97 Å². The second-order valence-electron chi connectivity index (χ2n) is 4.01. The molecule has 0 amide bonds. The van der Waals surface area contributed by atoms with E-state index >= 15 is 0 Å². The van der Waals surface area contributed by atoms with Crippen LogP contribution in [0.4, 0.5) is 0 Å². The smallest absolute Gasteiger partial charge is 0.334 e. The van der Waals surface area contributed by atoms with Gasteiger partial charge in [-0.05, 0) is 32.1 Å². The van der Waals surface area contributed by atoms with Crippen LogP contribution in [0.3, 0.4) is 0 Å². The summed E-state index contributed by atoms with van der Waals surface area (Å²) in [6.45, 7) is 3.61. The molecule has 1 N–H and O–H groups in total. The predicted octanol–water partition coefficient (Wildman–Crippen LogP) is 1.49. The van der Waals surface area contributed by atoms with Crippen LogP contribution in [0.25, 0.3) is 0 Å². The summed E-state index contributed by atoms with van der Waals surface area (Å²) in [5, 5.41) is 8.94. The van der Waals surface area contributed by atoms with E-state index in [1.54, 1.807) is 0 Å². The number of carbonyl (C=O) groups is 1. The van der Waals surface area contributed by atoms with Crippen molar-refractivity contribution in [1.82, 2.24) is 0 Å². The molecule has 0 heterocycles. The maximum absolute atomic E-state index is 11.0. The number of hydrogen-bond acceptors (Lipinski definition) is 3. The van der Waals surface area contributed by atoms with Crippen LogP contribution in [0.1, 0.15) is 39.5 Å². The first-order chi connectivity index (χ1) is 6.09. The van der Waals surface area contributed by atoms with Gasteiger partial charge < -0.3 is 9.84 Å². The zero-order valence-electron chi connectivity index (χ0n) is 8.32. The molecule has 1 rings (SSSR count). The molecule has 1 aliphatic rings. The molecule has 76 valence electrons. The first-order valence-electron chi connectivity index (χ1n) is 4.98. The van der Waals surface area contributed by atoms with Gasteiger partial charge in [0.05, 0.1) is 0 Å². The highest BCUT2D eigenvalue weighted by Gasteiger charge is 2.23. The molecule has 0 radical (unpaired) electrons. The zero-order chi connectivity index (χ0) is 9.84. The number of rotatable bonds is 2. The Kier molecular flexibility index (Phi) is 3.72. The van der Waals surface area contributed by atoms with E-state index in [2.05, 4.69) is 6.92 Å². The van der Waals surface area contributed by atoms with Crippen LogP contribution in [-0.2, 0) is 9.53 Å². The first kappa shape index (κ1) is 10.5. The van der Waals surface area contributed by atoms with Gasteiger partial charge in [0.25, 0.3) is 0 Å². The zero-order valence-corrected chi connectivity index (χ0v) is 8.32. The molecule has 0 aliphatic heterocycles. The average molecular weight is 186 g/mol. The number of hydrogen-bond donors (Lipinski definition) is 1. The number of aliphatic hydroxyl groups excluding tert-OH is 1. The Bertz CT molecular complexity index is 177. The van der Waals surface area contributed by atoms with Gasteiger partial charge in [-0.15, -0.1) is 0 Å². The normalized spacial score (nSPS) is 31.0. The SMILES string of the molecule is CC(O)C(=O)O[C@H]1CCC[C@@H](C)C1. The fourth-order valence-electron chi connectivity index (χ4n) is 1.75. The molecule has 0 aromatic carbocycles. The third kappa shape index (κ3) is 3.35. The quantitative estimate of drug-likeness (QED) is 0.664. The summed E-state index contributed by atoms with van der Waals surface area (Å²) < 4.78 is 5.13. The number of aliphatic hydroxyl groups is 1. The summed E-state index contributed by atoms with van der Waals surface area (Å²) in [5.74, 6) is 0.152. The van der Waals surface area contributed by atoms with Crippen molar-refractivity contribution in [2.24, 2.45) is 5.92 Å². The molecule has 1 fully saturated rings. The fourth-order valence-corrected chi connectivity index (χ4v) is 1.75. The van der Waals surface area contributed by atoms with Gasteiger partial charge in [-0.25, -0.2) is 4.79 Å². The Hall–Kier alpha value is -0.570. The molecular formula is C10H18O3. The number of ether oxygens (including phenoxy) is 1. The van der Waals surface area contributed by atoms with Crippen LogP contribution in [0.2, 0.25) is 0 Å². The average Bonchev–Trinajstić information content (AvgIpc) is 2.04. The summed E-state index contributed by atoms with van der Waals surface area (Å²) in [6.07, 6.45) is 3.28. The lowest BCUT2D eigenvalue weighted by Gasteiger charge is -2.26. The molecule has 1 unspecified atom stereocenters. The van der Waals surface area contributed by atoms with Crippen molar-refractivity contribution < 1.29 is 14.6 Å². The van der Waals surface area contributed by atoms with E-state index in [-0.39, 0.29) is 6.10 Å². The summed E-state index contributed by atoms with van der Waals surface area (Å²) in [7, 11) is 0. The monoisotopic (exact) mass is 186 g/mol. The van der Waals surface area contributed by atoms with E-state index in [1.807, 2.05) is 0 Å². The van der Waals surface area contributed by atoms with E-state index in [0.717, 1.165) is 19.3 Å². The standard InChI is InChI=1S/C10H18O3/c1-7-4-3-5-9(6-7)13-10(12)8(2)11/h7-9,11H,3-6H2,1-2H3/t7-,8?,9+/m1/s1. The number of esters is 1. The van der Waals surface area contributed by atoms with Crippen molar-refractivity contribution in [1.29, 1.82) is 0 Å². The van der Waals surface area contributed by atoms with Crippen LogP contribution in [0.15, 0.2) is 0 Å². The number of carbonyl (C=O) groups excluding carboxylic acids is 1. The molecule has 1 aliphatic carbocycles. The predicted molar refractivity (Wildman–Crippen MR) is 49.2 cm³/mol. The minimum Gasteiger partial charge on any atom is -0.460 e. The highest BCUT2D eigenvalue weighted by atomic mass is 16.6. The van der Waals surface area contributed by atoms with Crippen molar-refractivity contribution in [3.05, 3.63) is 0 Å². The molecule has 3 atom stereocenters. The lowest BCUT2D eigenvalue weighted by molar-refractivity contribution is -0.160. The van der Waals surface area contributed by atoms with E-state index < -0.39 is 12.1 Å². The minimum absolute atomic E-state index is 0.0332. The van der Waals surface area contributed by atoms with Crippen LogP contribution >= 0.6 is 0 Å². The summed E-state index contributed by atoms with van der Waals surface area (Å²) >= 11 is 0. The molecule has 0 bridgehead atoms. The fraction of sp³-hybridized carbons (Fsp3) is 0.900. The van der Waals surface area contributed by atoms with Crippen molar-refractivity contribution >= 4 is 5.97 Å². The van der Waals surface area contributed by atoms with Crippen LogP contribution in [0.5, 0.6) is 0 Å². The molecule has 0 spiro atoms. The summed E-state index contributed by atoms with van der Waals surface area (Å²) in [4.78, 5) is 11.0. The Morgan fingerprint density at radius 1 is 1.54 bits per heavy atom. The molecule has 3 nitrogen and oxygen atoms in total. The van der Waals surface area contributed by atoms with Crippen molar-refractivity contribution in [3.63, 3.8) is 0 Å². The third-order valence-corrected chi connectivity index (χ3v) is 2.51. The van der Waals surface area contributed by atoms with E-state index in [9.17, 15) is 4.79 Å². The lowest BCUT2D eigenvalue weighted by atomic mass is 9.89. The molecule has 0 saturated heterocycles. The largest absolute Gasteiger partial charge is 0.460 e.